The van der Waals surface area contributed by atoms with Gasteiger partial charge in [0.15, 0.2) is 0 Å². The summed E-state index contributed by atoms with van der Waals surface area (Å²) in [4.78, 5) is 1.09. The first-order chi connectivity index (χ1) is 9.99. The summed E-state index contributed by atoms with van der Waals surface area (Å²) in [6, 6.07) is 3.58. The van der Waals surface area contributed by atoms with E-state index in [1.807, 2.05) is 13.0 Å². The van der Waals surface area contributed by atoms with Crippen molar-refractivity contribution in [2.45, 2.75) is 30.9 Å². The Morgan fingerprint density at radius 2 is 2.10 bits per heavy atom. The Bertz CT molecular complexity index is 500. The van der Waals surface area contributed by atoms with Gasteiger partial charge < -0.3 is 10.1 Å². The van der Waals surface area contributed by atoms with Gasteiger partial charge >= 0.3 is 0 Å². The van der Waals surface area contributed by atoms with Crippen LogP contribution in [0.2, 0.25) is 0 Å². The molecule has 1 aromatic rings. The first-order valence-corrected chi connectivity index (χ1v) is 9.57. The minimum absolute atomic E-state index is 0.155. The Morgan fingerprint density at radius 1 is 1.33 bits per heavy atom. The zero-order valence-corrected chi connectivity index (χ0v) is 14.6. The fourth-order valence-corrected chi connectivity index (χ4v) is 4.38. The summed E-state index contributed by atoms with van der Waals surface area (Å²) in [6.07, 6.45) is 1.97. The van der Waals surface area contributed by atoms with Gasteiger partial charge in [-0.1, -0.05) is 13.8 Å². The molecule has 1 unspecified atom stereocenters. The van der Waals surface area contributed by atoms with Gasteiger partial charge in [0, 0.05) is 25.1 Å². The summed E-state index contributed by atoms with van der Waals surface area (Å²) in [5, 5.41) is 3.31. The maximum absolute atomic E-state index is 12.2. The van der Waals surface area contributed by atoms with Crippen LogP contribution in [-0.4, -0.2) is 41.8 Å². The van der Waals surface area contributed by atoms with Crippen LogP contribution in [0.4, 0.5) is 0 Å². The normalized spacial score (nSPS) is 13.5. The van der Waals surface area contributed by atoms with Crippen LogP contribution < -0.4 is 10.0 Å². The lowest BCUT2D eigenvalue weighted by atomic mass is 10.2. The Labute approximate surface area is 132 Å². The van der Waals surface area contributed by atoms with E-state index in [-0.39, 0.29) is 5.92 Å². The van der Waals surface area contributed by atoms with Crippen molar-refractivity contribution in [2.75, 3.05) is 33.4 Å². The van der Waals surface area contributed by atoms with E-state index in [0.717, 1.165) is 30.8 Å². The molecule has 0 fully saturated rings. The molecule has 0 bridgehead atoms. The molecule has 0 aromatic carbocycles. The van der Waals surface area contributed by atoms with E-state index in [1.165, 1.54) is 11.3 Å². The van der Waals surface area contributed by atoms with Crippen LogP contribution in [0.3, 0.4) is 0 Å². The summed E-state index contributed by atoms with van der Waals surface area (Å²) >= 11 is 1.34. The minimum atomic E-state index is -3.40. The van der Waals surface area contributed by atoms with Crippen molar-refractivity contribution in [3.05, 3.63) is 17.0 Å². The molecule has 21 heavy (non-hydrogen) atoms. The number of hydrogen-bond acceptors (Lipinski definition) is 5. The highest BCUT2D eigenvalue weighted by atomic mass is 32.2. The zero-order chi connectivity index (χ0) is 15.7. The summed E-state index contributed by atoms with van der Waals surface area (Å²) in [5.41, 5.74) is 0. The smallest absolute Gasteiger partial charge is 0.250 e. The van der Waals surface area contributed by atoms with Gasteiger partial charge in [-0.25, -0.2) is 13.1 Å². The lowest BCUT2D eigenvalue weighted by Gasteiger charge is -2.10. The van der Waals surface area contributed by atoms with Crippen molar-refractivity contribution in [3.8, 4) is 0 Å². The van der Waals surface area contributed by atoms with Crippen molar-refractivity contribution >= 4 is 21.4 Å². The average molecular weight is 335 g/mol. The first kappa shape index (κ1) is 18.6. The molecular formula is C14H26N2O3S2. The molecule has 0 radical (unpaired) electrons. The fourth-order valence-electron chi connectivity index (χ4n) is 1.82. The van der Waals surface area contributed by atoms with Crippen LogP contribution in [0.15, 0.2) is 16.3 Å². The van der Waals surface area contributed by atoms with Gasteiger partial charge in [-0.3, -0.25) is 0 Å². The molecule has 122 valence electrons. The molecule has 0 aliphatic carbocycles. The van der Waals surface area contributed by atoms with Crippen molar-refractivity contribution in [1.82, 2.24) is 10.0 Å². The summed E-state index contributed by atoms with van der Waals surface area (Å²) < 4.78 is 32.4. The van der Waals surface area contributed by atoms with E-state index in [9.17, 15) is 8.42 Å². The SMILES string of the molecule is CCCNCCc1ccc(S(=O)(=O)NCC(C)COC)s1. The summed E-state index contributed by atoms with van der Waals surface area (Å²) in [5.74, 6) is 0.155. The molecule has 0 aliphatic heterocycles. The standard InChI is InChI=1S/C14H26N2O3S2/c1-4-8-15-9-7-13-5-6-14(20-13)21(17,18)16-10-12(2)11-19-3/h5-6,12,15-16H,4,7-11H2,1-3H3. The van der Waals surface area contributed by atoms with E-state index < -0.39 is 10.0 Å². The summed E-state index contributed by atoms with van der Waals surface area (Å²) in [6.45, 7) is 6.88. The first-order valence-electron chi connectivity index (χ1n) is 7.27. The van der Waals surface area contributed by atoms with Gasteiger partial charge in [-0.05, 0) is 44.0 Å². The predicted octanol–water partition coefficient (Wildman–Crippen LogP) is 1.85. The molecule has 0 saturated carbocycles. The number of methoxy groups -OCH3 is 1. The number of thiophene rings is 1. The predicted molar refractivity (Wildman–Crippen MR) is 87.4 cm³/mol. The molecule has 0 aliphatic rings. The topological polar surface area (TPSA) is 67.4 Å². The molecule has 5 nitrogen and oxygen atoms in total. The van der Waals surface area contributed by atoms with E-state index in [2.05, 4.69) is 17.0 Å². The molecule has 0 spiro atoms. The van der Waals surface area contributed by atoms with Crippen LogP contribution in [0.5, 0.6) is 0 Å². The lowest BCUT2D eigenvalue weighted by Crippen LogP contribution is -2.29. The second kappa shape index (κ2) is 9.53. The monoisotopic (exact) mass is 334 g/mol. The molecule has 1 rings (SSSR count). The molecule has 0 saturated heterocycles. The number of hydrogen-bond donors (Lipinski definition) is 2. The van der Waals surface area contributed by atoms with Crippen LogP contribution >= 0.6 is 11.3 Å². The third kappa shape index (κ3) is 6.88. The highest BCUT2D eigenvalue weighted by Gasteiger charge is 2.17. The average Bonchev–Trinajstić information content (AvgIpc) is 2.92. The van der Waals surface area contributed by atoms with Crippen molar-refractivity contribution in [2.24, 2.45) is 5.92 Å². The van der Waals surface area contributed by atoms with E-state index >= 15 is 0 Å². The maximum Gasteiger partial charge on any atom is 0.250 e. The van der Waals surface area contributed by atoms with E-state index in [0.29, 0.717) is 17.4 Å². The lowest BCUT2D eigenvalue weighted by molar-refractivity contribution is 0.161. The van der Waals surface area contributed by atoms with Gasteiger partial charge in [0.1, 0.15) is 4.21 Å². The molecule has 0 amide bonds. The second-order valence-corrected chi connectivity index (χ2v) is 8.30. The number of rotatable bonds is 11. The molecule has 1 atom stereocenters. The van der Waals surface area contributed by atoms with Crippen LogP contribution in [0.1, 0.15) is 25.1 Å². The Balaban J connectivity index is 2.49. The molecule has 1 heterocycles. The van der Waals surface area contributed by atoms with E-state index in [4.69, 9.17) is 4.74 Å². The van der Waals surface area contributed by atoms with Gasteiger partial charge in [-0.2, -0.15) is 0 Å². The second-order valence-electron chi connectivity index (χ2n) is 5.13. The van der Waals surface area contributed by atoms with Gasteiger partial charge in [0.05, 0.1) is 0 Å². The highest BCUT2D eigenvalue weighted by molar-refractivity contribution is 7.91. The Morgan fingerprint density at radius 3 is 2.76 bits per heavy atom. The summed E-state index contributed by atoms with van der Waals surface area (Å²) in [7, 11) is -1.78. The largest absolute Gasteiger partial charge is 0.384 e. The van der Waals surface area contributed by atoms with Gasteiger partial charge in [0.2, 0.25) is 10.0 Å². The Kier molecular flexibility index (Phi) is 8.43. The van der Waals surface area contributed by atoms with E-state index in [1.54, 1.807) is 13.2 Å². The number of sulfonamides is 1. The maximum atomic E-state index is 12.2. The third-order valence-electron chi connectivity index (χ3n) is 2.95. The van der Waals surface area contributed by atoms with Crippen molar-refractivity contribution in [1.29, 1.82) is 0 Å². The Hall–Kier alpha value is -0.470. The third-order valence-corrected chi connectivity index (χ3v) is 6.01. The molecule has 1 aromatic heterocycles. The number of ether oxygens (including phenoxy) is 1. The highest BCUT2D eigenvalue weighted by Crippen LogP contribution is 2.21. The van der Waals surface area contributed by atoms with Crippen LogP contribution in [-0.2, 0) is 21.2 Å². The fraction of sp³-hybridized carbons (Fsp3) is 0.714. The van der Waals surface area contributed by atoms with Crippen molar-refractivity contribution in [3.63, 3.8) is 0 Å². The van der Waals surface area contributed by atoms with Gasteiger partial charge in [0.25, 0.3) is 0 Å². The number of nitrogens with one attached hydrogen (secondary N) is 2. The van der Waals surface area contributed by atoms with Crippen LogP contribution in [0.25, 0.3) is 0 Å². The van der Waals surface area contributed by atoms with Crippen LogP contribution in [0, 0.1) is 5.92 Å². The molecule has 2 N–H and O–H groups in total. The van der Waals surface area contributed by atoms with Crippen molar-refractivity contribution < 1.29 is 13.2 Å². The molecule has 7 heteroatoms. The zero-order valence-electron chi connectivity index (χ0n) is 13.0. The minimum Gasteiger partial charge on any atom is -0.384 e. The molecular weight excluding hydrogens is 308 g/mol. The quantitative estimate of drug-likeness (QED) is 0.606. The van der Waals surface area contributed by atoms with Gasteiger partial charge in [-0.15, -0.1) is 11.3 Å².